The second-order valence-electron chi connectivity index (χ2n) is 5.81. The van der Waals surface area contributed by atoms with Crippen LogP contribution in [-0.2, 0) is 6.54 Å². The van der Waals surface area contributed by atoms with Crippen molar-refractivity contribution in [1.29, 1.82) is 0 Å². The lowest BCUT2D eigenvalue weighted by molar-refractivity contribution is 0.150. The molecule has 3 N–H and O–H groups in total. The highest BCUT2D eigenvalue weighted by atomic mass is 16.3. The molecule has 1 unspecified atom stereocenters. The summed E-state index contributed by atoms with van der Waals surface area (Å²) in [4.78, 5) is 12.9. The maximum absolute atomic E-state index is 10.1. The van der Waals surface area contributed by atoms with E-state index in [-0.39, 0.29) is 6.04 Å². The fourth-order valence-electron chi connectivity index (χ4n) is 2.06. The lowest BCUT2D eigenvalue weighted by atomic mass is 10.3. The van der Waals surface area contributed by atoms with Crippen LogP contribution >= 0.6 is 0 Å². The van der Waals surface area contributed by atoms with E-state index < -0.39 is 6.10 Å². The Morgan fingerprint density at radius 1 is 1.14 bits per heavy atom. The van der Waals surface area contributed by atoms with E-state index in [0.29, 0.717) is 19.1 Å². The number of nitrogens with one attached hydrogen (secondary N) is 2. The highest BCUT2D eigenvalue weighted by Crippen LogP contribution is 2.18. The molecule has 0 aliphatic carbocycles. The third-order valence-corrected chi connectivity index (χ3v) is 3.00. The molecule has 21 heavy (non-hydrogen) atoms. The van der Waals surface area contributed by atoms with Gasteiger partial charge in [-0.15, -0.1) is 0 Å². The summed E-state index contributed by atoms with van der Waals surface area (Å²) in [6.07, 6.45) is 2.73. The number of fused-ring (bicyclic) bond motifs is 1. The number of nitrogens with zero attached hydrogens (tertiary/aromatic N) is 4. The van der Waals surface area contributed by atoms with Crippen molar-refractivity contribution in [2.45, 2.75) is 52.4 Å². The topological polar surface area (TPSA) is 87.9 Å². The summed E-state index contributed by atoms with van der Waals surface area (Å²) < 4.78 is 1.86. The van der Waals surface area contributed by atoms with E-state index in [1.165, 1.54) is 6.33 Å². The van der Waals surface area contributed by atoms with Crippen LogP contribution in [-0.4, -0.2) is 49.4 Å². The van der Waals surface area contributed by atoms with Gasteiger partial charge in [-0.2, -0.15) is 0 Å². The fraction of sp³-hybridized carbons (Fsp3) is 0.643. The molecule has 0 aromatic carbocycles. The quantitative estimate of drug-likeness (QED) is 0.706. The molecular weight excluding hydrogens is 268 g/mol. The van der Waals surface area contributed by atoms with E-state index in [4.69, 9.17) is 0 Å². The summed E-state index contributed by atoms with van der Waals surface area (Å²) in [5.74, 6) is 0.726. The largest absolute Gasteiger partial charge is 0.390 e. The normalized spacial score (nSPS) is 13.3. The molecule has 2 aromatic rings. The van der Waals surface area contributed by atoms with E-state index in [0.717, 1.165) is 17.0 Å². The molecule has 116 valence electrons. The van der Waals surface area contributed by atoms with Crippen molar-refractivity contribution in [2.75, 3.05) is 11.9 Å². The Hall–Kier alpha value is -1.73. The number of aromatic nitrogens is 4. The summed E-state index contributed by atoms with van der Waals surface area (Å²) in [7, 11) is 0. The number of imidazole rings is 1. The molecule has 0 saturated heterocycles. The van der Waals surface area contributed by atoms with Crippen LogP contribution in [0, 0.1) is 0 Å². The Balaban J connectivity index is 2.14. The molecule has 0 bridgehead atoms. The molecule has 1 atom stereocenters. The second-order valence-corrected chi connectivity index (χ2v) is 5.81. The molecular formula is C14H24N6O. The zero-order valence-electron chi connectivity index (χ0n) is 13.0. The van der Waals surface area contributed by atoms with Gasteiger partial charge in [-0.3, -0.25) is 0 Å². The van der Waals surface area contributed by atoms with Crippen molar-refractivity contribution in [3.8, 4) is 0 Å². The Kier molecular flexibility index (Phi) is 5.08. The number of aliphatic hydroxyl groups is 1. The molecule has 0 aliphatic rings. The van der Waals surface area contributed by atoms with E-state index in [2.05, 4.69) is 39.4 Å². The van der Waals surface area contributed by atoms with Gasteiger partial charge in [-0.25, -0.2) is 15.0 Å². The summed E-state index contributed by atoms with van der Waals surface area (Å²) in [6.45, 7) is 9.19. The van der Waals surface area contributed by atoms with Crippen molar-refractivity contribution in [1.82, 2.24) is 24.8 Å². The van der Waals surface area contributed by atoms with Crippen LogP contribution in [0.2, 0.25) is 0 Å². The van der Waals surface area contributed by atoms with Gasteiger partial charge < -0.3 is 20.3 Å². The molecule has 0 spiro atoms. The monoisotopic (exact) mass is 292 g/mol. The zero-order chi connectivity index (χ0) is 15.4. The Morgan fingerprint density at radius 3 is 2.57 bits per heavy atom. The van der Waals surface area contributed by atoms with Crippen LogP contribution in [0.1, 0.15) is 27.7 Å². The number of anilines is 1. The fourth-order valence-corrected chi connectivity index (χ4v) is 2.06. The maximum atomic E-state index is 10.1. The minimum atomic E-state index is -0.485. The van der Waals surface area contributed by atoms with E-state index in [1.807, 2.05) is 18.4 Å². The first-order valence-corrected chi connectivity index (χ1v) is 7.31. The summed E-state index contributed by atoms with van der Waals surface area (Å²) >= 11 is 0. The second kappa shape index (κ2) is 6.82. The smallest absolute Gasteiger partial charge is 0.165 e. The van der Waals surface area contributed by atoms with Crippen LogP contribution in [0.25, 0.3) is 11.2 Å². The van der Waals surface area contributed by atoms with Gasteiger partial charge in [0.25, 0.3) is 0 Å². The predicted molar refractivity (Wildman–Crippen MR) is 83.2 cm³/mol. The number of rotatable bonds is 7. The molecule has 0 saturated carbocycles. The number of hydrogen-bond donors (Lipinski definition) is 3. The third-order valence-electron chi connectivity index (χ3n) is 3.00. The molecule has 0 radical (unpaired) electrons. The van der Waals surface area contributed by atoms with Crippen molar-refractivity contribution >= 4 is 17.0 Å². The van der Waals surface area contributed by atoms with Crippen LogP contribution in [0.3, 0.4) is 0 Å². The van der Waals surface area contributed by atoms with Crippen LogP contribution in [0.5, 0.6) is 0 Å². The van der Waals surface area contributed by atoms with Crippen molar-refractivity contribution in [3.63, 3.8) is 0 Å². The third kappa shape index (κ3) is 4.12. The van der Waals surface area contributed by atoms with Crippen molar-refractivity contribution in [2.24, 2.45) is 0 Å². The average Bonchev–Trinajstić information content (AvgIpc) is 2.80. The summed E-state index contributed by atoms with van der Waals surface area (Å²) in [5.41, 5.74) is 1.46. The minimum absolute atomic E-state index is 0.272. The van der Waals surface area contributed by atoms with Gasteiger partial charge in [0.15, 0.2) is 11.5 Å². The molecule has 0 aliphatic heterocycles. The van der Waals surface area contributed by atoms with Crippen LogP contribution in [0.4, 0.5) is 5.82 Å². The van der Waals surface area contributed by atoms with Gasteiger partial charge in [0.05, 0.1) is 19.0 Å². The van der Waals surface area contributed by atoms with Gasteiger partial charge in [0.1, 0.15) is 11.8 Å². The maximum Gasteiger partial charge on any atom is 0.165 e. The molecule has 2 heterocycles. The molecule has 0 fully saturated rings. The van der Waals surface area contributed by atoms with Crippen LogP contribution in [0.15, 0.2) is 12.7 Å². The molecule has 2 rings (SSSR count). The molecule has 7 nitrogen and oxygen atoms in total. The van der Waals surface area contributed by atoms with E-state index >= 15 is 0 Å². The van der Waals surface area contributed by atoms with Crippen LogP contribution < -0.4 is 10.6 Å². The Bertz CT molecular complexity index is 580. The van der Waals surface area contributed by atoms with Crippen molar-refractivity contribution in [3.05, 3.63) is 12.7 Å². The number of aliphatic hydroxyl groups excluding tert-OH is 1. The van der Waals surface area contributed by atoms with Crippen molar-refractivity contribution < 1.29 is 5.11 Å². The first kappa shape index (κ1) is 15.7. The van der Waals surface area contributed by atoms with E-state index in [9.17, 15) is 5.11 Å². The standard InChI is InChI=1S/C14H24N6O/c1-9(2)15-5-11(21)6-20-8-18-12-13(19-10(3)4)16-7-17-14(12)20/h7-11,15,21H,5-6H2,1-4H3,(H,16,17,19). The van der Waals surface area contributed by atoms with Gasteiger partial charge >= 0.3 is 0 Å². The zero-order valence-corrected chi connectivity index (χ0v) is 13.0. The first-order chi connectivity index (χ1) is 9.97. The molecule has 7 heteroatoms. The summed E-state index contributed by atoms with van der Waals surface area (Å²) in [6, 6.07) is 0.623. The Labute approximate surface area is 124 Å². The number of hydrogen-bond acceptors (Lipinski definition) is 6. The predicted octanol–water partition coefficient (Wildman–Crippen LogP) is 1.01. The van der Waals surface area contributed by atoms with Gasteiger partial charge in [0, 0.05) is 18.6 Å². The summed E-state index contributed by atoms with van der Waals surface area (Å²) in [5, 5.41) is 16.5. The first-order valence-electron chi connectivity index (χ1n) is 7.31. The molecule has 0 amide bonds. The van der Waals surface area contributed by atoms with E-state index in [1.54, 1.807) is 6.33 Å². The molecule has 2 aromatic heterocycles. The highest BCUT2D eigenvalue weighted by Gasteiger charge is 2.13. The lowest BCUT2D eigenvalue weighted by Crippen LogP contribution is -2.34. The Morgan fingerprint density at radius 2 is 1.90 bits per heavy atom. The van der Waals surface area contributed by atoms with Gasteiger partial charge in [0.2, 0.25) is 0 Å². The lowest BCUT2D eigenvalue weighted by Gasteiger charge is -2.15. The van der Waals surface area contributed by atoms with Gasteiger partial charge in [-0.05, 0) is 13.8 Å². The van der Waals surface area contributed by atoms with Gasteiger partial charge in [-0.1, -0.05) is 13.8 Å². The average molecular weight is 292 g/mol. The minimum Gasteiger partial charge on any atom is -0.390 e. The highest BCUT2D eigenvalue weighted by molar-refractivity contribution is 5.82. The SMILES string of the molecule is CC(C)NCC(O)Cn1cnc2c(NC(C)C)ncnc21.